The monoisotopic (exact) mass is 256 g/mol. The molecular formula is C12H11F3N2O. The van der Waals surface area contributed by atoms with Crippen molar-refractivity contribution in [2.45, 2.75) is 20.2 Å². The van der Waals surface area contributed by atoms with E-state index in [0.29, 0.717) is 16.8 Å². The Morgan fingerprint density at radius 2 is 1.89 bits per heavy atom. The third kappa shape index (κ3) is 2.18. The molecular weight excluding hydrogens is 245 g/mol. The van der Waals surface area contributed by atoms with Crippen LogP contribution in [0.5, 0.6) is 5.75 Å². The quantitative estimate of drug-likeness (QED) is 0.851. The van der Waals surface area contributed by atoms with Gasteiger partial charge >= 0.3 is 6.36 Å². The van der Waals surface area contributed by atoms with Gasteiger partial charge in [0, 0.05) is 16.8 Å². The highest BCUT2D eigenvalue weighted by molar-refractivity contribution is 5.95. The van der Waals surface area contributed by atoms with Gasteiger partial charge in [-0.05, 0) is 25.5 Å². The molecule has 0 aliphatic rings. The molecule has 3 nitrogen and oxygen atoms in total. The zero-order valence-electron chi connectivity index (χ0n) is 9.80. The van der Waals surface area contributed by atoms with Crippen LogP contribution in [-0.4, -0.2) is 11.3 Å². The lowest BCUT2D eigenvalue weighted by Gasteiger charge is -2.13. The fourth-order valence-electron chi connectivity index (χ4n) is 1.71. The van der Waals surface area contributed by atoms with Gasteiger partial charge in [-0.25, -0.2) is 4.98 Å². The van der Waals surface area contributed by atoms with Crippen LogP contribution in [0.3, 0.4) is 0 Å². The Balaban J connectivity index is 2.70. The first-order valence-electron chi connectivity index (χ1n) is 5.21. The van der Waals surface area contributed by atoms with E-state index in [1.807, 2.05) is 0 Å². The van der Waals surface area contributed by atoms with Crippen molar-refractivity contribution in [3.63, 3.8) is 0 Å². The first-order valence-corrected chi connectivity index (χ1v) is 5.21. The van der Waals surface area contributed by atoms with Crippen LogP contribution in [0, 0.1) is 13.8 Å². The first kappa shape index (κ1) is 12.5. The number of aryl methyl sites for hydroxylation is 1. The molecule has 2 rings (SSSR count). The summed E-state index contributed by atoms with van der Waals surface area (Å²) in [6.07, 6.45) is -4.75. The zero-order valence-corrected chi connectivity index (χ0v) is 9.80. The molecule has 96 valence electrons. The topological polar surface area (TPSA) is 48.1 Å². The summed E-state index contributed by atoms with van der Waals surface area (Å²) < 4.78 is 40.8. The third-order valence-corrected chi connectivity index (χ3v) is 2.74. The van der Waals surface area contributed by atoms with Crippen molar-refractivity contribution < 1.29 is 17.9 Å². The van der Waals surface area contributed by atoms with E-state index < -0.39 is 6.36 Å². The summed E-state index contributed by atoms with van der Waals surface area (Å²) in [5, 5.41) is 0.458. The van der Waals surface area contributed by atoms with Crippen molar-refractivity contribution in [2.75, 3.05) is 5.73 Å². The lowest BCUT2D eigenvalue weighted by Crippen LogP contribution is -2.17. The lowest BCUT2D eigenvalue weighted by molar-refractivity contribution is -0.274. The molecule has 0 saturated carbocycles. The number of para-hydroxylation sites is 1. The molecule has 2 aromatic rings. The minimum atomic E-state index is -4.75. The molecule has 0 fully saturated rings. The van der Waals surface area contributed by atoms with Gasteiger partial charge in [-0.15, -0.1) is 13.2 Å². The maximum absolute atomic E-state index is 12.3. The highest BCUT2D eigenvalue weighted by atomic mass is 19.4. The van der Waals surface area contributed by atoms with E-state index >= 15 is 0 Å². The molecule has 1 aromatic carbocycles. The molecule has 2 N–H and O–H groups in total. The predicted octanol–water partition coefficient (Wildman–Crippen LogP) is 3.33. The van der Waals surface area contributed by atoms with Gasteiger partial charge in [-0.3, -0.25) is 0 Å². The number of alkyl halides is 3. The minimum absolute atomic E-state index is 0.121. The van der Waals surface area contributed by atoms with Crippen molar-refractivity contribution in [3.8, 4) is 5.75 Å². The van der Waals surface area contributed by atoms with E-state index in [4.69, 9.17) is 5.73 Å². The molecule has 0 atom stereocenters. The van der Waals surface area contributed by atoms with E-state index in [1.165, 1.54) is 12.1 Å². The second-order valence-electron chi connectivity index (χ2n) is 3.94. The number of hydrogen-bond acceptors (Lipinski definition) is 3. The Labute approximate surface area is 101 Å². The second-order valence-corrected chi connectivity index (χ2v) is 3.94. The highest BCUT2D eigenvalue weighted by Crippen LogP contribution is 2.33. The maximum Gasteiger partial charge on any atom is 0.573 e. The minimum Gasteiger partial charge on any atom is -0.403 e. The molecule has 0 aliphatic carbocycles. The predicted molar refractivity (Wildman–Crippen MR) is 62.3 cm³/mol. The summed E-state index contributed by atoms with van der Waals surface area (Å²) in [6, 6.07) is 4.29. The number of pyridine rings is 1. The summed E-state index contributed by atoms with van der Waals surface area (Å²) in [5.41, 5.74) is 7.75. The van der Waals surface area contributed by atoms with Gasteiger partial charge in [0.15, 0.2) is 5.75 Å². The lowest BCUT2D eigenvalue weighted by atomic mass is 10.1. The number of halogens is 3. The van der Waals surface area contributed by atoms with Gasteiger partial charge in [-0.1, -0.05) is 12.1 Å². The van der Waals surface area contributed by atoms with Crippen LogP contribution in [0.15, 0.2) is 18.2 Å². The summed E-state index contributed by atoms with van der Waals surface area (Å²) in [7, 11) is 0. The van der Waals surface area contributed by atoms with Crippen LogP contribution >= 0.6 is 0 Å². The van der Waals surface area contributed by atoms with E-state index in [2.05, 4.69) is 9.72 Å². The number of fused-ring (bicyclic) bond motifs is 1. The first-order chi connectivity index (χ1) is 8.29. The molecule has 1 heterocycles. The number of nitrogens with zero attached hydrogens (tertiary/aromatic N) is 1. The van der Waals surface area contributed by atoms with Crippen LogP contribution in [0.1, 0.15) is 11.3 Å². The van der Waals surface area contributed by atoms with Crippen molar-refractivity contribution in [1.82, 2.24) is 4.98 Å². The number of benzene rings is 1. The molecule has 0 aliphatic heterocycles. The molecule has 0 amide bonds. The number of nitrogen functional groups attached to an aromatic ring is 1. The summed E-state index contributed by atoms with van der Waals surface area (Å²) >= 11 is 0. The number of ether oxygens (including phenoxy) is 1. The van der Waals surface area contributed by atoms with Crippen LogP contribution < -0.4 is 10.5 Å². The molecule has 0 saturated heterocycles. The standard InChI is InChI=1S/C12H11F3N2O/c1-6-7(2)17-11-8(10(6)16)4-3-5-9(11)18-12(13,14)15/h3-5H,1-2H3,(H2,16,17). The van der Waals surface area contributed by atoms with E-state index in [-0.39, 0.29) is 11.3 Å². The SMILES string of the molecule is Cc1nc2c(OC(F)(F)F)cccc2c(N)c1C. The smallest absolute Gasteiger partial charge is 0.403 e. The fourth-order valence-corrected chi connectivity index (χ4v) is 1.71. The van der Waals surface area contributed by atoms with Gasteiger partial charge in [-0.2, -0.15) is 0 Å². The van der Waals surface area contributed by atoms with Crippen LogP contribution in [-0.2, 0) is 0 Å². The van der Waals surface area contributed by atoms with Crippen LogP contribution in [0.25, 0.3) is 10.9 Å². The molecule has 0 radical (unpaired) electrons. The molecule has 1 aromatic heterocycles. The van der Waals surface area contributed by atoms with Gasteiger partial charge in [0.05, 0.1) is 0 Å². The van der Waals surface area contributed by atoms with Gasteiger partial charge in [0.2, 0.25) is 0 Å². The Kier molecular flexibility index (Phi) is 2.80. The van der Waals surface area contributed by atoms with Gasteiger partial charge < -0.3 is 10.5 Å². The van der Waals surface area contributed by atoms with Crippen molar-refractivity contribution in [3.05, 3.63) is 29.5 Å². The number of hydrogen-bond donors (Lipinski definition) is 1. The average Bonchev–Trinajstić information content (AvgIpc) is 2.25. The Bertz CT molecular complexity index is 608. The maximum atomic E-state index is 12.3. The molecule has 6 heteroatoms. The van der Waals surface area contributed by atoms with Gasteiger partial charge in [0.1, 0.15) is 5.52 Å². The summed E-state index contributed by atoms with van der Waals surface area (Å²) in [4.78, 5) is 4.12. The average molecular weight is 256 g/mol. The van der Waals surface area contributed by atoms with Crippen molar-refractivity contribution in [1.29, 1.82) is 0 Å². The summed E-state index contributed by atoms with van der Waals surface area (Å²) in [5.74, 6) is -0.338. The molecule has 0 spiro atoms. The molecule has 0 bridgehead atoms. The fraction of sp³-hybridized carbons (Fsp3) is 0.250. The van der Waals surface area contributed by atoms with Crippen molar-refractivity contribution in [2.24, 2.45) is 0 Å². The third-order valence-electron chi connectivity index (χ3n) is 2.74. The Hall–Kier alpha value is -1.98. The number of anilines is 1. The second kappa shape index (κ2) is 4.04. The number of aromatic nitrogens is 1. The van der Waals surface area contributed by atoms with E-state index in [1.54, 1.807) is 19.9 Å². The molecule has 18 heavy (non-hydrogen) atoms. The van der Waals surface area contributed by atoms with E-state index in [0.717, 1.165) is 5.56 Å². The Morgan fingerprint density at radius 1 is 1.22 bits per heavy atom. The largest absolute Gasteiger partial charge is 0.573 e. The zero-order chi connectivity index (χ0) is 13.5. The van der Waals surface area contributed by atoms with E-state index in [9.17, 15) is 13.2 Å². The number of rotatable bonds is 1. The van der Waals surface area contributed by atoms with Crippen LogP contribution in [0.2, 0.25) is 0 Å². The van der Waals surface area contributed by atoms with Gasteiger partial charge in [0.25, 0.3) is 0 Å². The Morgan fingerprint density at radius 3 is 2.50 bits per heavy atom. The van der Waals surface area contributed by atoms with Crippen molar-refractivity contribution >= 4 is 16.6 Å². The van der Waals surface area contributed by atoms with Crippen LogP contribution in [0.4, 0.5) is 18.9 Å². The normalized spacial score (nSPS) is 11.8. The highest BCUT2D eigenvalue weighted by Gasteiger charge is 2.32. The number of nitrogens with two attached hydrogens (primary N) is 1. The summed E-state index contributed by atoms with van der Waals surface area (Å²) in [6.45, 7) is 3.46. The molecule has 0 unspecified atom stereocenters.